The second-order valence-electron chi connectivity index (χ2n) is 3.21. The van der Waals surface area contributed by atoms with Crippen molar-refractivity contribution in [2.45, 2.75) is 13.0 Å². The number of hydrogen-bond donors (Lipinski definition) is 1. The summed E-state index contributed by atoms with van der Waals surface area (Å²) >= 11 is 0. The van der Waals surface area contributed by atoms with Gasteiger partial charge in [0.25, 0.3) is 0 Å². The molecule has 0 aromatic heterocycles. The molecule has 1 aromatic carbocycles. The van der Waals surface area contributed by atoms with E-state index in [4.69, 9.17) is 15.2 Å². The topological polar surface area (TPSA) is 61.5 Å². The van der Waals surface area contributed by atoms with Gasteiger partial charge in [-0.25, -0.2) is 0 Å². The van der Waals surface area contributed by atoms with Gasteiger partial charge < -0.3 is 15.2 Å². The minimum absolute atomic E-state index is 0.289. The minimum Gasteiger partial charge on any atom is -0.489 e. The van der Waals surface area contributed by atoms with E-state index >= 15 is 0 Å². The number of benzene rings is 1. The fraction of sp³-hybridized carbons (Fsp3) is 0.300. The van der Waals surface area contributed by atoms with E-state index in [9.17, 15) is 4.79 Å². The van der Waals surface area contributed by atoms with Gasteiger partial charge in [-0.05, 0) is 12.1 Å². The Bertz CT molecular complexity index is 376. The first-order valence-corrected chi connectivity index (χ1v) is 4.36. The molecule has 1 unspecified atom stereocenters. The van der Waals surface area contributed by atoms with Crippen LogP contribution in [-0.2, 0) is 9.53 Å². The molecule has 14 heavy (non-hydrogen) atoms. The summed E-state index contributed by atoms with van der Waals surface area (Å²) in [5.41, 5.74) is 7.12. The summed E-state index contributed by atoms with van der Waals surface area (Å²) < 4.78 is 10.4. The van der Waals surface area contributed by atoms with Crippen molar-refractivity contribution in [3.8, 4) is 5.75 Å². The van der Waals surface area contributed by atoms with E-state index in [1.807, 2.05) is 6.07 Å². The zero-order valence-electron chi connectivity index (χ0n) is 7.82. The maximum absolute atomic E-state index is 10.8. The average molecular weight is 193 g/mol. The number of carbonyl (C=O) groups is 1. The van der Waals surface area contributed by atoms with Crippen LogP contribution in [0.3, 0.4) is 0 Å². The van der Waals surface area contributed by atoms with Crippen LogP contribution in [-0.4, -0.2) is 12.6 Å². The molecule has 0 spiro atoms. The number of nitrogens with two attached hydrogens (primary N) is 1. The fourth-order valence-electron chi connectivity index (χ4n) is 1.50. The molecule has 1 atom stereocenters. The Kier molecular flexibility index (Phi) is 2.04. The molecule has 0 amide bonds. The zero-order chi connectivity index (χ0) is 10.1. The van der Waals surface area contributed by atoms with Crippen LogP contribution in [0.4, 0.5) is 5.69 Å². The third kappa shape index (κ3) is 1.51. The highest BCUT2D eigenvalue weighted by Gasteiger charge is 2.26. The van der Waals surface area contributed by atoms with Crippen LogP contribution < -0.4 is 10.5 Å². The lowest BCUT2D eigenvalue weighted by Gasteiger charge is -2.08. The van der Waals surface area contributed by atoms with Crippen molar-refractivity contribution in [2.24, 2.45) is 0 Å². The molecule has 1 aliphatic heterocycles. The largest absolute Gasteiger partial charge is 0.489 e. The molecule has 74 valence electrons. The second kappa shape index (κ2) is 3.21. The quantitative estimate of drug-likeness (QED) is 0.539. The molecular formula is C10H11NO3. The third-order valence-electron chi connectivity index (χ3n) is 2.08. The number of hydrogen-bond acceptors (Lipinski definition) is 4. The van der Waals surface area contributed by atoms with Crippen molar-refractivity contribution >= 4 is 11.7 Å². The van der Waals surface area contributed by atoms with E-state index in [0.29, 0.717) is 18.0 Å². The first-order valence-electron chi connectivity index (χ1n) is 4.36. The lowest BCUT2D eigenvalue weighted by atomic mass is 10.1. The van der Waals surface area contributed by atoms with E-state index in [1.54, 1.807) is 12.1 Å². The summed E-state index contributed by atoms with van der Waals surface area (Å²) in [6.07, 6.45) is -0.289. The second-order valence-corrected chi connectivity index (χ2v) is 3.21. The van der Waals surface area contributed by atoms with Crippen LogP contribution in [0.2, 0.25) is 0 Å². The molecule has 0 aliphatic carbocycles. The van der Waals surface area contributed by atoms with Crippen molar-refractivity contribution in [3.05, 3.63) is 23.8 Å². The van der Waals surface area contributed by atoms with Crippen LogP contribution in [0.25, 0.3) is 0 Å². The molecule has 0 fully saturated rings. The Morgan fingerprint density at radius 3 is 3.14 bits per heavy atom. The lowest BCUT2D eigenvalue weighted by Crippen LogP contribution is -2.09. The van der Waals surface area contributed by atoms with Crippen LogP contribution in [0, 0.1) is 0 Å². The molecule has 2 N–H and O–H groups in total. The van der Waals surface area contributed by atoms with E-state index in [1.165, 1.54) is 6.92 Å². The number of nitrogen functional groups attached to an aromatic ring is 1. The van der Waals surface area contributed by atoms with Crippen LogP contribution in [0.1, 0.15) is 18.6 Å². The van der Waals surface area contributed by atoms with E-state index in [2.05, 4.69) is 0 Å². The molecule has 4 nitrogen and oxygen atoms in total. The van der Waals surface area contributed by atoms with Gasteiger partial charge in [0, 0.05) is 24.2 Å². The fourth-order valence-corrected chi connectivity index (χ4v) is 1.50. The summed E-state index contributed by atoms with van der Waals surface area (Å²) in [6, 6.07) is 5.33. The standard InChI is InChI=1S/C10H11NO3/c1-6(12)14-10-5-13-9-4-7(11)2-3-8(9)10/h2-4,10H,5,11H2,1H3. The summed E-state index contributed by atoms with van der Waals surface area (Å²) in [7, 11) is 0. The van der Waals surface area contributed by atoms with Gasteiger partial charge in [0.2, 0.25) is 0 Å². The number of ether oxygens (including phenoxy) is 2. The van der Waals surface area contributed by atoms with E-state index in [-0.39, 0.29) is 12.1 Å². The molecule has 1 aromatic rings. The summed E-state index contributed by atoms with van der Waals surface area (Å²) in [4.78, 5) is 10.8. The number of fused-ring (bicyclic) bond motifs is 1. The number of carbonyl (C=O) groups excluding carboxylic acids is 1. The highest BCUT2D eigenvalue weighted by atomic mass is 16.6. The Morgan fingerprint density at radius 1 is 1.64 bits per heavy atom. The first-order chi connectivity index (χ1) is 6.66. The predicted molar refractivity (Wildman–Crippen MR) is 50.9 cm³/mol. The van der Waals surface area contributed by atoms with Crippen LogP contribution in [0.15, 0.2) is 18.2 Å². The van der Waals surface area contributed by atoms with Gasteiger partial charge in [0.05, 0.1) is 0 Å². The third-order valence-corrected chi connectivity index (χ3v) is 2.08. The maximum Gasteiger partial charge on any atom is 0.303 e. The maximum atomic E-state index is 10.8. The van der Waals surface area contributed by atoms with E-state index < -0.39 is 0 Å². The Labute approximate surface area is 81.6 Å². The van der Waals surface area contributed by atoms with Gasteiger partial charge in [-0.15, -0.1) is 0 Å². The smallest absolute Gasteiger partial charge is 0.303 e. The summed E-state index contributed by atoms with van der Waals surface area (Å²) in [6.45, 7) is 1.76. The van der Waals surface area contributed by atoms with Gasteiger partial charge >= 0.3 is 5.97 Å². The van der Waals surface area contributed by atoms with Gasteiger partial charge in [0.15, 0.2) is 6.10 Å². The van der Waals surface area contributed by atoms with Crippen molar-refractivity contribution in [1.29, 1.82) is 0 Å². The first kappa shape index (κ1) is 8.87. The Morgan fingerprint density at radius 2 is 2.43 bits per heavy atom. The molecular weight excluding hydrogens is 182 g/mol. The van der Waals surface area contributed by atoms with Crippen molar-refractivity contribution in [2.75, 3.05) is 12.3 Å². The molecule has 2 rings (SSSR count). The Balaban J connectivity index is 2.26. The average Bonchev–Trinajstić information content (AvgIpc) is 2.47. The van der Waals surface area contributed by atoms with Gasteiger partial charge in [-0.1, -0.05) is 0 Å². The normalized spacial score (nSPS) is 18.5. The Hall–Kier alpha value is -1.71. The van der Waals surface area contributed by atoms with E-state index in [0.717, 1.165) is 5.56 Å². The molecule has 0 radical (unpaired) electrons. The van der Waals surface area contributed by atoms with Crippen molar-refractivity contribution < 1.29 is 14.3 Å². The monoisotopic (exact) mass is 193 g/mol. The summed E-state index contributed by atoms with van der Waals surface area (Å²) in [5.74, 6) is 0.402. The van der Waals surface area contributed by atoms with Crippen LogP contribution >= 0.6 is 0 Å². The zero-order valence-corrected chi connectivity index (χ0v) is 7.82. The molecule has 0 saturated heterocycles. The minimum atomic E-state index is -0.303. The van der Waals surface area contributed by atoms with Crippen molar-refractivity contribution in [3.63, 3.8) is 0 Å². The molecule has 0 saturated carbocycles. The molecule has 0 bridgehead atoms. The number of anilines is 1. The summed E-state index contributed by atoms with van der Waals surface area (Å²) in [5, 5.41) is 0. The predicted octanol–water partition coefficient (Wildman–Crippen LogP) is 1.27. The highest BCUT2D eigenvalue weighted by Crippen LogP contribution is 2.35. The number of esters is 1. The van der Waals surface area contributed by atoms with Gasteiger partial charge in [-0.2, -0.15) is 0 Å². The molecule has 1 heterocycles. The highest BCUT2D eigenvalue weighted by molar-refractivity contribution is 5.67. The van der Waals surface area contributed by atoms with Crippen LogP contribution in [0.5, 0.6) is 5.75 Å². The van der Waals surface area contributed by atoms with Gasteiger partial charge in [-0.3, -0.25) is 4.79 Å². The van der Waals surface area contributed by atoms with Crippen molar-refractivity contribution in [1.82, 2.24) is 0 Å². The lowest BCUT2D eigenvalue weighted by molar-refractivity contribution is -0.147. The van der Waals surface area contributed by atoms with Gasteiger partial charge in [0.1, 0.15) is 12.4 Å². The molecule has 4 heteroatoms. The molecule has 1 aliphatic rings. The number of rotatable bonds is 1. The SMILES string of the molecule is CC(=O)OC1COc2cc(N)ccc21.